The number of rotatable bonds is 2. The number of anilines is 1. The van der Waals surface area contributed by atoms with E-state index in [0.717, 1.165) is 12.1 Å². The molecule has 0 fully saturated rings. The van der Waals surface area contributed by atoms with Gasteiger partial charge in [0.05, 0.1) is 11.9 Å². The molecule has 0 spiro atoms. The van der Waals surface area contributed by atoms with Gasteiger partial charge < -0.3 is 10.5 Å². The van der Waals surface area contributed by atoms with Crippen LogP contribution in [0.3, 0.4) is 0 Å². The Morgan fingerprint density at radius 2 is 2.00 bits per heavy atom. The zero-order chi connectivity index (χ0) is 12.4. The molecule has 0 radical (unpaired) electrons. The van der Waals surface area contributed by atoms with Gasteiger partial charge in [-0.25, -0.2) is 13.8 Å². The van der Waals surface area contributed by atoms with E-state index in [1.165, 1.54) is 12.3 Å². The van der Waals surface area contributed by atoms with Gasteiger partial charge in [-0.1, -0.05) is 0 Å². The minimum absolute atomic E-state index is 0.0771. The van der Waals surface area contributed by atoms with Gasteiger partial charge in [-0.2, -0.15) is 0 Å². The molecule has 2 rings (SSSR count). The number of nitrogens with two attached hydrogens (primary N) is 1. The molecule has 0 atom stereocenters. The summed E-state index contributed by atoms with van der Waals surface area (Å²) in [6.07, 6.45) is 1.41. The van der Waals surface area contributed by atoms with Crippen LogP contribution in [0.4, 0.5) is 14.5 Å². The summed E-state index contributed by atoms with van der Waals surface area (Å²) >= 11 is 0. The van der Waals surface area contributed by atoms with Gasteiger partial charge in [-0.05, 0) is 25.1 Å². The summed E-state index contributed by atoms with van der Waals surface area (Å²) in [6.45, 7) is 1.74. The molecule has 0 amide bonds. The Kier molecular flexibility index (Phi) is 2.91. The van der Waals surface area contributed by atoms with Crippen molar-refractivity contribution in [1.29, 1.82) is 0 Å². The van der Waals surface area contributed by atoms with Crippen LogP contribution < -0.4 is 10.5 Å². The van der Waals surface area contributed by atoms with E-state index < -0.39 is 11.6 Å². The van der Waals surface area contributed by atoms with Gasteiger partial charge in [0, 0.05) is 11.6 Å². The summed E-state index contributed by atoms with van der Waals surface area (Å²) in [7, 11) is 0. The largest absolute Gasteiger partial charge is 0.436 e. The molecule has 1 aromatic heterocycles. The maximum absolute atomic E-state index is 13.3. The maximum atomic E-state index is 13.3. The first kappa shape index (κ1) is 11.3. The van der Waals surface area contributed by atoms with E-state index in [2.05, 4.69) is 4.98 Å². The summed E-state index contributed by atoms with van der Waals surface area (Å²) in [6, 6.07) is 4.74. The number of hydrogen-bond acceptors (Lipinski definition) is 3. The average Bonchev–Trinajstić information content (AvgIpc) is 2.25. The lowest BCUT2D eigenvalue weighted by molar-refractivity contribution is 0.421. The van der Waals surface area contributed by atoms with E-state index >= 15 is 0 Å². The second-order valence-corrected chi connectivity index (χ2v) is 3.57. The van der Waals surface area contributed by atoms with Gasteiger partial charge in [-0.15, -0.1) is 0 Å². The summed E-state index contributed by atoms with van der Waals surface area (Å²) in [5, 5.41) is 0. The maximum Gasteiger partial charge on any atom is 0.222 e. The van der Waals surface area contributed by atoms with Gasteiger partial charge >= 0.3 is 0 Å². The average molecular weight is 236 g/mol. The van der Waals surface area contributed by atoms with E-state index in [0.29, 0.717) is 11.3 Å². The first-order valence-corrected chi connectivity index (χ1v) is 4.91. The van der Waals surface area contributed by atoms with Crippen LogP contribution >= 0.6 is 0 Å². The summed E-state index contributed by atoms with van der Waals surface area (Å²) < 4.78 is 31.3. The lowest BCUT2D eigenvalue weighted by atomic mass is 10.3. The number of benzene rings is 1. The summed E-state index contributed by atoms with van der Waals surface area (Å²) in [5.41, 5.74) is 6.70. The molecule has 0 unspecified atom stereocenters. The lowest BCUT2D eigenvalue weighted by Gasteiger charge is -2.08. The number of halogens is 2. The van der Waals surface area contributed by atoms with Crippen molar-refractivity contribution in [1.82, 2.24) is 4.98 Å². The quantitative estimate of drug-likeness (QED) is 0.871. The Bertz CT molecular complexity index is 509. The first-order valence-electron chi connectivity index (χ1n) is 4.91. The van der Waals surface area contributed by atoms with Crippen LogP contribution in [0.25, 0.3) is 0 Å². The third-order valence-corrected chi connectivity index (χ3v) is 2.15. The molecule has 2 N–H and O–H groups in total. The SMILES string of the molecule is Cc1cc(N)cnc1Oc1ccc(F)cc1F. The number of nitrogen functional groups attached to an aromatic ring is 1. The second-order valence-electron chi connectivity index (χ2n) is 3.57. The number of ether oxygens (including phenoxy) is 1. The van der Waals surface area contributed by atoms with Crippen LogP contribution in [0.1, 0.15) is 5.56 Å². The van der Waals surface area contributed by atoms with Crippen LogP contribution in [0.15, 0.2) is 30.5 Å². The second kappa shape index (κ2) is 4.37. The molecule has 5 heteroatoms. The molecular formula is C12H10F2N2O. The van der Waals surface area contributed by atoms with Gasteiger partial charge in [0.25, 0.3) is 0 Å². The van der Waals surface area contributed by atoms with Gasteiger partial charge in [-0.3, -0.25) is 0 Å². The molecule has 3 nitrogen and oxygen atoms in total. The number of nitrogens with zero attached hydrogens (tertiary/aromatic N) is 1. The van der Waals surface area contributed by atoms with Crippen molar-refractivity contribution in [2.75, 3.05) is 5.73 Å². The minimum Gasteiger partial charge on any atom is -0.436 e. The first-order chi connectivity index (χ1) is 8.06. The summed E-state index contributed by atoms with van der Waals surface area (Å²) in [5.74, 6) is -1.27. The fourth-order valence-electron chi connectivity index (χ4n) is 1.35. The van der Waals surface area contributed by atoms with Crippen molar-refractivity contribution in [2.24, 2.45) is 0 Å². The Hall–Kier alpha value is -2.17. The minimum atomic E-state index is -0.775. The molecule has 0 aliphatic heterocycles. The van der Waals surface area contributed by atoms with Gasteiger partial charge in [0.2, 0.25) is 5.88 Å². The monoisotopic (exact) mass is 236 g/mol. The molecule has 88 valence electrons. The van der Waals surface area contributed by atoms with E-state index in [-0.39, 0.29) is 11.6 Å². The van der Waals surface area contributed by atoms with Crippen LogP contribution in [0.5, 0.6) is 11.6 Å². The highest BCUT2D eigenvalue weighted by Gasteiger charge is 2.08. The van der Waals surface area contributed by atoms with Crippen molar-refractivity contribution >= 4 is 5.69 Å². The zero-order valence-corrected chi connectivity index (χ0v) is 9.08. The molecule has 17 heavy (non-hydrogen) atoms. The lowest BCUT2D eigenvalue weighted by Crippen LogP contribution is -1.96. The Morgan fingerprint density at radius 1 is 1.24 bits per heavy atom. The number of pyridine rings is 1. The fraction of sp³-hybridized carbons (Fsp3) is 0.0833. The van der Waals surface area contributed by atoms with Crippen LogP contribution in [-0.2, 0) is 0 Å². The molecule has 0 saturated heterocycles. The van der Waals surface area contributed by atoms with Crippen molar-refractivity contribution in [3.05, 3.63) is 47.7 Å². The normalized spacial score (nSPS) is 10.3. The molecule has 1 aromatic carbocycles. The van der Waals surface area contributed by atoms with E-state index in [9.17, 15) is 8.78 Å². The van der Waals surface area contributed by atoms with Gasteiger partial charge in [0.1, 0.15) is 5.82 Å². The standard InChI is InChI=1S/C12H10F2N2O/c1-7-4-9(15)6-16-12(7)17-11-3-2-8(13)5-10(11)14/h2-6H,15H2,1H3. The van der Waals surface area contributed by atoms with Crippen LogP contribution in [-0.4, -0.2) is 4.98 Å². The number of aryl methyl sites for hydroxylation is 1. The van der Waals surface area contributed by atoms with E-state index in [1.54, 1.807) is 13.0 Å². The molecule has 0 bridgehead atoms. The highest BCUT2D eigenvalue weighted by Crippen LogP contribution is 2.26. The molecular weight excluding hydrogens is 226 g/mol. The predicted molar refractivity (Wildman–Crippen MR) is 59.8 cm³/mol. The van der Waals surface area contributed by atoms with E-state index in [4.69, 9.17) is 10.5 Å². The molecule has 0 aliphatic rings. The summed E-state index contributed by atoms with van der Waals surface area (Å²) in [4.78, 5) is 3.93. The highest BCUT2D eigenvalue weighted by atomic mass is 19.1. The fourth-order valence-corrected chi connectivity index (χ4v) is 1.35. The third-order valence-electron chi connectivity index (χ3n) is 2.15. The number of aromatic nitrogens is 1. The van der Waals surface area contributed by atoms with Crippen molar-refractivity contribution < 1.29 is 13.5 Å². The van der Waals surface area contributed by atoms with Crippen molar-refractivity contribution in [3.8, 4) is 11.6 Å². The van der Waals surface area contributed by atoms with Crippen molar-refractivity contribution in [2.45, 2.75) is 6.92 Å². The predicted octanol–water partition coefficient (Wildman–Crippen LogP) is 3.04. The smallest absolute Gasteiger partial charge is 0.222 e. The Labute approximate surface area is 96.9 Å². The Balaban J connectivity index is 2.31. The number of hydrogen-bond donors (Lipinski definition) is 1. The van der Waals surface area contributed by atoms with Gasteiger partial charge in [0.15, 0.2) is 11.6 Å². The Morgan fingerprint density at radius 3 is 2.65 bits per heavy atom. The third kappa shape index (κ3) is 2.50. The highest BCUT2D eigenvalue weighted by molar-refractivity contribution is 5.43. The van der Waals surface area contributed by atoms with Crippen LogP contribution in [0, 0.1) is 18.6 Å². The van der Waals surface area contributed by atoms with E-state index in [1.807, 2.05) is 0 Å². The van der Waals surface area contributed by atoms with Crippen LogP contribution in [0.2, 0.25) is 0 Å². The molecule has 0 aliphatic carbocycles. The molecule has 0 saturated carbocycles. The zero-order valence-electron chi connectivity index (χ0n) is 9.08. The molecule has 1 heterocycles. The topological polar surface area (TPSA) is 48.1 Å². The molecule has 2 aromatic rings. The van der Waals surface area contributed by atoms with Crippen molar-refractivity contribution in [3.63, 3.8) is 0 Å².